The third-order valence-corrected chi connectivity index (χ3v) is 4.79. The van der Waals surface area contributed by atoms with Crippen LogP contribution in [0, 0.1) is 17.2 Å². The minimum absolute atomic E-state index is 0.0335. The predicted octanol–water partition coefficient (Wildman–Crippen LogP) is 1.87. The highest BCUT2D eigenvalue weighted by Gasteiger charge is 2.28. The molecule has 136 valence electrons. The molecule has 7 heteroatoms. The number of hydrogen-bond donors (Lipinski definition) is 1. The van der Waals surface area contributed by atoms with E-state index in [0.717, 1.165) is 24.2 Å². The smallest absolute Gasteiger partial charge is 0.249 e. The molecular formula is C19H23N5O2. The summed E-state index contributed by atoms with van der Waals surface area (Å²) in [6.45, 7) is 5.46. The summed E-state index contributed by atoms with van der Waals surface area (Å²) in [5, 5.41) is 12.4. The van der Waals surface area contributed by atoms with E-state index >= 15 is 0 Å². The van der Waals surface area contributed by atoms with Crippen LogP contribution in [0.4, 0.5) is 5.69 Å². The Labute approximate surface area is 153 Å². The summed E-state index contributed by atoms with van der Waals surface area (Å²) < 4.78 is 5.10. The molecule has 0 bridgehead atoms. The molecule has 1 aromatic carbocycles. The minimum Gasteiger partial charge on any atom is -0.372 e. The van der Waals surface area contributed by atoms with Crippen LogP contribution < -0.4 is 10.2 Å². The summed E-state index contributed by atoms with van der Waals surface area (Å²) in [7, 11) is 1.53. The topological polar surface area (TPSA) is 91.1 Å². The lowest BCUT2D eigenvalue weighted by Gasteiger charge is -2.38. The van der Waals surface area contributed by atoms with Crippen molar-refractivity contribution >= 4 is 22.6 Å². The van der Waals surface area contributed by atoms with Gasteiger partial charge in [0.25, 0.3) is 0 Å². The van der Waals surface area contributed by atoms with Gasteiger partial charge in [-0.25, -0.2) is 0 Å². The van der Waals surface area contributed by atoms with Crippen molar-refractivity contribution in [3.05, 3.63) is 30.1 Å². The Morgan fingerprint density at radius 2 is 2.08 bits per heavy atom. The Balaban J connectivity index is 1.88. The summed E-state index contributed by atoms with van der Waals surface area (Å²) in [4.78, 5) is 23.2. The quantitative estimate of drug-likeness (QED) is 0.902. The van der Waals surface area contributed by atoms with Gasteiger partial charge in [0.1, 0.15) is 23.2 Å². The fourth-order valence-electron chi connectivity index (χ4n) is 3.47. The van der Waals surface area contributed by atoms with Crippen molar-refractivity contribution in [3.8, 4) is 6.07 Å². The highest BCUT2D eigenvalue weighted by Crippen LogP contribution is 2.30. The number of nitrogens with one attached hydrogen (secondary N) is 1. The molecule has 1 amide bonds. The lowest BCUT2D eigenvalue weighted by Crippen LogP contribution is -2.52. The molecule has 1 saturated heterocycles. The lowest BCUT2D eigenvalue weighted by atomic mass is 9.95. The maximum atomic E-state index is 12.2. The molecule has 1 N–H and O–H groups in total. The number of methoxy groups -OCH3 is 1. The van der Waals surface area contributed by atoms with Crippen LogP contribution in [0.3, 0.4) is 0 Å². The maximum absolute atomic E-state index is 12.2. The van der Waals surface area contributed by atoms with E-state index in [9.17, 15) is 10.1 Å². The number of nitriles is 1. The molecule has 7 nitrogen and oxygen atoms in total. The molecule has 1 unspecified atom stereocenters. The van der Waals surface area contributed by atoms with Gasteiger partial charge in [0.2, 0.25) is 5.91 Å². The Morgan fingerprint density at radius 1 is 1.35 bits per heavy atom. The van der Waals surface area contributed by atoms with Crippen LogP contribution in [-0.4, -0.2) is 48.2 Å². The highest BCUT2D eigenvalue weighted by atomic mass is 16.5. The number of rotatable bonds is 4. The monoisotopic (exact) mass is 353 g/mol. The summed E-state index contributed by atoms with van der Waals surface area (Å²) >= 11 is 0. The third kappa shape index (κ3) is 3.60. The normalized spacial score (nSPS) is 21.2. The van der Waals surface area contributed by atoms with E-state index < -0.39 is 6.10 Å². The molecule has 0 saturated carbocycles. The molecule has 1 aliphatic heterocycles. The average molecular weight is 353 g/mol. The maximum Gasteiger partial charge on any atom is 0.249 e. The average Bonchev–Trinajstić information content (AvgIpc) is 2.65. The number of hydrogen-bond acceptors (Lipinski definition) is 6. The van der Waals surface area contributed by atoms with Crippen molar-refractivity contribution in [2.75, 3.05) is 25.1 Å². The van der Waals surface area contributed by atoms with Crippen LogP contribution >= 0.6 is 0 Å². The number of anilines is 1. The first-order valence-corrected chi connectivity index (χ1v) is 8.75. The Hall–Kier alpha value is -2.72. The van der Waals surface area contributed by atoms with E-state index in [1.807, 2.05) is 6.07 Å². The number of aromatic nitrogens is 2. The van der Waals surface area contributed by atoms with Crippen molar-refractivity contribution in [1.82, 2.24) is 15.3 Å². The molecule has 1 aromatic heterocycles. The van der Waals surface area contributed by atoms with E-state index in [0.29, 0.717) is 23.5 Å². The molecule has 3 rings (SSSR count). The fourth-order valence-corrected chi connectivity index (χ4v) is 3.47. The van der Waals surface area contributed by atoms with Crippen LogP contribution in [0.5, 0.6) is 0 Å². The van der Waals surface area contributed by atoms with E-state index in [4.69, 9.17) is 4.74 Å². The molecule has 3 atom stereocenters. The number of piperidine rings is 1. The van der Waals surface area contributed by atoms with Crippen molar-refractivity contribution in [2.24, 2.45) is 5.92 Å². The van der Waals surface area contributed by atoms with E-state index in [-0.39, 0.29) is 11.9 Å². The zero-order valence-electron chi connectivity index (χ0n) is 15.3. The first-order valence-electron chi connectivity index (χ1n) is 8.75. The predicted molar refractivity (Wildman–Crippen MR) is 98.6 cm³/mol. The van der Waals surface area contributed by atoms with Gasteiger partial charge in [-0.1, -0.05) is 6.92 Å². The zero-order valence-corrected chi connectivity index (χ0v) is 15.3. The van der Waals surface area contributed by atoms with Crippen molar-refractivity contribution < 1.29 is 9.53 Å². The van der Waals surface area contributed by atoms with Crippen LogP contribution in [0.2, 0.25) is 0 Å². The number of fused-ring (bicyclic) bond motifs is 1. The highest BCUT2D eigenvalue weighted by molar-refractivity contribution is 5.92. The second-order valence-electron chi connectivity index (χ2n) is 6.83. The van der Waals surface area contributed by atoms with Crippen molar-refractivity contribution in [1.29, 1.82) is 5.26 Å². The Morgan fingerprint density at radius 3 is 2.77 bits per heavy atom. The van der Waals surface area contributed by atoms with E-state index in [2.05, 4.69) is 33.2 Å². The zero-order chi connectivity index (χ0) is 18.7. The summed E-state index contributed by atoms with van der Waals surface area (Å²) in [6, 6.07) is 5.91. The molecule has 2 heterocycles. The van der Waals surface area contributed by atoms with Crippen molar-refractivity contribution in [2.45, 2.75) is 32.4 Å². The van der Waals surface area contributed by atoms with Crippen LogP contribution in [0.25, 0.3) is 11.0 Å². The first-order chi connectivity index (χ1) is 12.5. The van der Waals surface area contributed by atoms with Crippen molar-refractivity contribution in [3.63, 3.8) is 0 Å². The summed E-state index contributed by atoms with van der Waals surface area (Å²) in [5.74, 6) is 0.310. The van der Waals surface area contributed by atoms with Gasteiger partial charge < -0.3 is 15.0 Å². The molecule has 26 heavy (non-hydrogen) atoms. The Kier molecular flexibility index (Phi) is 5.33. The van der Waals surface area contributed by atoms with Gasteiger partial charge in [-0.05, 0) is 31.4 Å². The fraction of sp³-hybridized carbons (Fsp3) is 0.474. The lowest BCUT2D eigenvalue weighted by molar-refractivity contribution is -0.130. The first kappa shape index (κ1) is 18.1. The molecule has 0 aliphatic carbocycles. The van der Waals surface area contributed by atoms with E-state index in [1.54, 1.807) is 25.4 Å². The number of carbonyl (C=O) groups excluding carboxylic acids is 1. The SMILES string of the molecule is COC(C)C(=O)N[C@@H]1C[C@H](C)CN(c2ccc(C#N)c3nccnc23)C1. The third-order valence-electron chi connectivity index (χ3n) is 4.79. The van der Waals surface area contributed by atoms with Crippen LogP contribution in [0.1, 0.15) is 25.8 Å². The van der Waals surface area contributed by atoms with Gasteiger partial charge in [0.05, 0.1) is 11.3 Å². The number of ether oxygens (including phenoxy) is 1. The van der Waals surface area contributed by atoms with Crippen LogP contribution in [-0.2, 0) is 9.53 Å². The van der Waals surface area contributed by atoms with Gasteiger partial charge in [0, 0.05) is 38.6 Å². The summed E-state index contributed by atoms with van der Waals surface area (Å²) in [5.41, 5.74) is 2.79. The summed E-state index contributed by atoms with van der Waals surface area (Å²) in [6.07, 6.45) is 3.68. The number of nitrogens with zero attached hydrogens (tertiary/aromatic N) is 4. The number of amides is 1. The largest absolute Gasteiger partial charge is 0.372 e. The molecule has 1 aliphatic rings. The molecule has 0 spiro atoms. The minimum atomic E-state index is -0.470. The molecule has 0 radical (unpaired) electrons. The molecule has 1 fully saturated rings. The second-order valence-corrected chi connectivity index (χ2v) is 6.83. The van der Waals surface area contributed by atoms with Gasteiger partial charge in [-0.3, -0.25) is 14.8 Å². The number of carbonyl (C=O) groups is 1. The van der Waals surface area contributed by atoms with Crippen LogP contribution in [0.15, 0.2) is 24.5 Å². The Bertz CT molecular complexity index is 847. The van der Waals surface area contributed by atoms with Gasteiger partial charge in [-0.2, -0.15) is 5.26 Å². The molecular weight excluding hydrogens is 330 g/mol. The number of benzene rings is 1. The standard InChI is InChI=1S/C19H23N5O2/c1-12-8-15(23-19(25)13(2)26-3)11-24(10-12)16-5-4-14(9-20)17-18(16)22-7-6-21-17/h4-7,12-13,15H,8,10-11H2,1-3H3,(H,23,25)/t12-,13?,15+/m0/s1. The van der Waals surface area contributed by atoms with Gasteiger partial charge in [-0.15, -0.1) is 0 Å². The second kappa shape index (κ2) is 7.67. The van der Waals surface area contributed by atoms with Gasteiger partial charge >= 0.3 is 0 Å². The van der Waals surface area contributed by atoms with Gasteiger partial charge in [0.15, 0.2) is 0 Å². The van der Waals surface area contributed by atoms with E-state index in [1.165, 1.54) is 7.11 Å². The molecule has 2 aromatic rings.